The normalized spacial score (nSPS) is 17.7. The van der Waals surface area contributed by atoms with Crippen molar-refractivity contribution in [1.82, 2.24) is 4.31 Å². The summed E-state index contributed by atoms with van der Waals surface area (Å²) in [5.74, 6) is -1.90. The zero-order chi connectivity index (χ0) is 27.3. The number of para-hydroxylation sites is 1. The predicted octanol–water partition coefficient (Wildman–Crippen LogP) is 2.30. The fourth-order valence-electron chi connectivity index (χ4n) is 4.12. The second-order valence-corrected chi connectivity index (χ2v) is 10.4. The van der Waals surface area contributed by atoms with E-state index in [4.69, 9.17) is 18.6 Å². The number of benzene rings is 2. The molecule has 2 aromatic carbocycles. The molecule has 0 bridgehead atoms. The van der Waals surface area contributed by atoms with Gasteiger partial charge < -0.3 is 28.8 Å². The number of carboxylic acids is 1. The van der Waals surface area contributed by atoms with Crippen molar-refractivity contribution >= 4 is 27.0 Å². The number of fused-ring (bicyclic) bond motifs is 1. The number of hydrogen-bond acceptors (Lipinski definition) is 9. The van der Waals surface area contributed by atoms with Crippen molar-refractivity contribution in [1.29, 1.82) is 0 Å². The monoisotopic (exact) mass is 545 g/mol. The molecule has 1 aromatic heterocycles. The van der Waals surface area contributed by atoms with Crippen LogP contribution in [0, 0.1) is 0 Å². The van der Waals surface area contributed by atoms with Crippen LogP contribution in [0.2, 0.25) is 0 Å². The third-order valence-corrected chi connectivity index (χ3v) is 7.98. The highest BCUT2D eigenvalue weighted by molar-refractivity contribution is 7.89. The number of aliphatic hydroxyl groups is 1. The summed E-state index contributed by atoms with van der Waals surface area (Å²) in [5.41, 5.74) is 0.368. The van der Waals surface area contributed by atoms with Crippen LogP contribution in [0.5, 0.6) is 5.75 Å². The van der Waals surface area contributed by atoms with Gasteiger partial charge in [-0.25, -0.2) is 13.2 Å². The van der Waals surface area contributed by atoms with E-state index < -0.39 is 40.6 Å². The van der Waals surface area contributed by atoms with Crippen LogP contribution >= 0.6 is 0 Å². The van der Waals surface area contributed by atoms with Crippen molar-refractivity contribution in [2.45, 2.75) is 23.5 Å². The number of ether oxygens (including phenoxy) is 3. The highest BCUT2D eigenvalue weighted by atomic mass is 32.2. The summed E-state index contributed by atoms with van der Waals surface area (Å²) in [5, 5.41) is 19.3. The first-order valence-electron chi connectivity index (χ1n) is 11.7. The molecule has 1 aliphatic heterocycles. The molecule has 38 heavy (non-hydrogen) atoms. The van der Waals surface area contributed by atoms with Crippen LogP contribution in [0.25, 0.3) is 11.0 Å². The Hall–Kier alpha value is -3.71. The van der Waals surface area contributed by atoms with Gasteiger partial charge in [0.2, 0.25) is 22.1 Å². The van der Waals surface area contributed by atoms with Crippen molar-refractivity contribution in [2.24, 2.45) is 0 Å². The molecular weight excluding hydrogens is 518 g/mol. The van der Waals surface area contributed by atoms with Gasteiger partial charge in [-0.15, -0.1) is 0 Å². The Labute approximate surface area is 218 Å². The molecule has 12 heteroatoms. The Morgan fingerprint density at radius 2 is 1.87 bits per heavy atom. The van der Waals surface area contributed by atoms with Gasteiger partial charge in [0.25, 0.3) is 0 Å². The number of rotatable bonds is 11. The van der Waals surface area contributed by atoms with Gasteiger partial charge in [-0.2, -0.15) is 4.31 Å². The van der Waals surface area contributed by atoms with Crippen LogP contribution in [-0.4, -0.2) is 68.6 Å². The first-order chi connectivity index (χ1) is 18.2. The van der Waals surface area contributed by atoms with Crippen LogP contribution < -0.4 is 10.2 Å². The van der Waals surface area contributed by atoms with Gasteiger partial charge in [0.05, 0.1) is 36.9 Å². The summed E-state index contributed by atoms with van der Waals surface area (Å²) in [4.78, 5) is 24.8. The maximum Gasteiger partial charge on any atom is 0.370 e. The van der Waals surface area contributed by atoms with E-state index in [9.17, 15) is 28.2 Å². The third kappa shape index (κ3) is 5.89. The maximum atomic E-state index is 13.1. The molecule has 202 valence electrons. The Balaban J connectivity index is 1.49. The average Bonchev–Trinajstić information content (AvgIpc) is 2.92. The number of sulfonamides is 1. The molecule has 2 heterocycles. The molecule has 0 spiro atoms. The number of allylic oxidation sites excluding steroid dienone is 1. The Kier molecular flexibility index (Phi) is 8.47. The minimum absolute atomic E-state index is 0.0138. The number of carboxylic acid groups (broad SMARTS) is 1. The van der Waals surface area contributed by atoms with Crippen molar-refractivity contribution in [3.63, 3.8) is 0 Å². The predicted molar refractivity (Wildman–Crippen MR) is 135 cm³/mol. The molecule has 1 aliphatic rings. The van der Waals surface area contributed by atoms with Gasteiger partial charge in [-0.05, 0) is 42.5 Å². The second kappa shape index (κ2) is 11.8. The van der Waals surface area contributed by atoms with E-state index >= 15 is 0 Å². The molecule has 0 aliphatic carbocycles. The van der Waals surface area contributed by atoms with E-state index in [1.807, 2.05) is 0 Å². The van der Waals surface area contributed by atoms with E-state index in [-0.39, 0.29) is 42.0 Å². The maximum absolute atomic E-state index is 13.1. The van der Waals surface area contributed by atoms with Gasteiger partial charge in [0.1, 0.15) is 11.3 Å². The number of nitrogens with zero attached hydrogens (tertiary/aromatic N) is 1. The standard InChI is InChI=1S/C26H27NO10S/c1-34-18-6-8-19(9-7-18)38(32,33)27(10-12-28)11-13-35-24-15-17(14-23(37-24)26(30)31)21-16-36-22-5-3-2-4-20(22)25(21)29/h2-9,14,16-17,24,28H,10-13,15H2,1H3,(H,30,31)/t17-,24+/m1/s1. The summed E-state index contributed by atoms with van der Waals surface area (Å²) >= 11 is 0. The molecule has 0 fully saturated rings. The minimum Gasteiger partial charge on any atom is -0.497 e. The molecule has 0 amide bonds. The molecule has 4 rings (SSSR count). The van der Waals surface area contributed by atoms with E-state index in [0.717, 1.165) is 4.31 Å². The first kappa shape index (κ1) is 27.3. The molecule has 0 unspecified atom stereocenters. The Morgan fingerprint density at radius 1 is 1.13 bits per heavy atom. The molecule has 0 radical (unpaired) electrons. The molecule has 0 saturated heterocycles. The number of aliphatic carboxylic acids is 1. The molecule has 2 atom stereocenters. The van der Waals surface area contributed by atoms with Crippen LogP contribution in [0.4, 0.5) is 0 Å². The van der Waals surface area contributed by atoms with Crippen LogP contribution in [0.1, 0.15) is 17.9 Å². The van der Waals surface area contributed by atoms with Gasteiger partial charge in [0, 0.05) is 31.0 Å². The number of aliphatic hydroxyl groups excluding tert-OH is 1. The molecule has 11 nitrogen and oxygen atoms in total. The van der Waals surface area contributed by atoms with Crippen molar-refractivity contribution in [2.75, 3.05) is 33.4 Å². The van der Waals surface area contributed by atoms with Crippen molar-refractivity contribution in [3.8, 4) is 5.75 Å². The van der Waals surface area contributed by atoms with Crippen LogP contribution in [-0.2, 0) is 24.3 Å². The van der Waals surface area contributed by atoms with E-state index in [2.05, 4.69) is 0 Å². The first-order valence-corrected chi connectivity index (χ1v) is 13.2. The smallest absolute Gasteiger partial charge is 0.370 e. The minimum atomic E-state index is -3.96. The zero-order valence-electron chi connectivity index (χ0n) is 20.5. The summed E-state index contributed by atoms with van der Waals surface area (Å²) < 4.78 is 49.0. The molecule has 3 aromatic rings. The van der Waals surface area contributed by atoms with E-state index in [1.54, 1.807) is 24.3 Å². The van der Waals surface area contributed by atoms with Gasteiger partial charge in [-0.3, -0.25) is 4.79 Å². The second-order valence-electron chi connectivity index (χ2n) is 8.42. The van der Waals surface area contributed by atoms with Gasteiger partial charge >= 0.3 is 5.97 Å². The van der Waals surface area contributed by atoms with Crippen LogP contribution in [0.3, 0.4) is 0 Å². The summed E-state index contributed by atoms with van der Waals surface area (Å²) in [6.07, 6.45) is 1.67. The lowest BCUT2D eigenvalue weighted by Crippen LogP contribution is -2.37. The lowest BCUT2D eigenvalue weighted by molar-refractivity contribution is -0.157. The summed E-state index contributed by atoms with van der Waals surface area (Å²) in [6.45, 7) is -0.888. The van der Waals surface area contributed by atoms with Crippen molar-refractivity contribution in [3.05, 3.63) is 82.4 Å². The summed E-state index contributed by atoms with van der Waals surface area (Å²) in [7, 11) is -2.49. The SMILES string of the molecule is COc1ccc(S(=O)(=O)N(CCO)CCO[C@@H]2C[C@H](c3coc4ccccc4c3=O)C=C(C(=O)O)O2)cc1. The number of methoxy groups -OCH3 is 1. The van der Waals surface area contributed by atoms with Crippen LogP contribution in [0.15, 0.2) is 80.7 Å². The summed E-state index contributed by atoms with van der Waals surface area (Å²) in [6, 6.07) is 12.5. The zero-order valence-corrected chi connectivity index (χ0v) is 21.3. The van der Waals surface area contributed by atoms with E-state index in [0.29, 0.717) is 16.7 Å². The third-order valence-electron chi connectivity index (χ3n) is 6.07. The Bertz CT molecular complexity index is 1480. The lowest BCUT2D eigenvalue weighted by atomic mass is 9.93. The van der Waals surface area contributed by atoms with Crippen molar-refractivity contribution < 1.29 is 42.1 Å². The average molecular weight is 546 g/mol. The Morgan fingerprint density at radius 3 is 2.55 bits per heavy atom. The fraction of sp³-hybridized carbons (Fsp3) is 0.308. The highest BCUT2D eigenvalue weighted by Gasteiger charge is 2.31. The molecular formula is C26H27NO10S. The topological polar surface area (TPSA) is 153 Å². The van der Waals surface area contributed by atoms with E-state index in [1.165, 1.54) is 43.7 Å². The molecule has 2 N–H and O–H groups in total. The highest BCUT2D eigenvalue weighted by Crippen LogP contribution is 2.31. The van der Waals surface area contributed by atoms with Gasteiger partial charge in [-0.1, -0.05) is 12.1 Å². The van der Waals surface area contributed by atoms with Gasteiger partial charge in [0.15, 0.2) is 5.43 Å². The quantitative estimate of drug-likeness (QED) is 0.367. The molecule has 0 saturated carbocycles. The number of hydrogen-bond donors (Lipinski definition) is 2. The lowest BCUT2D eigenvalue weighted by Gasteiger charge is -2.29. The fourth-order valence-corrected chi connectivity index (χ4v) is 5.54. The largest absolute Gasteiger partial charge is 0.497 e. The number of carbonyl (C=O) groups is 1.